The Labute approximate surface area is 133 Å². The van der Waals surface area contributed by atoms with Crippen LogP contribution >= 0.6 is 0 Å². The van der Waals surface area contributed by atoms with Gasteiger partial charge in [0, 0.05) is 38.3 Å². The zero-order chi connectivity index (χ0) is 15.7. The fourth-order valence-corrected chi connectivity index (χ4v) is 4.36. The van der Waals surface area contributed by atoms with Gasteiger partial charge in [-0.1, -0.05) is 27.2 Å². The van der Waals surface area contributed by atoms with Crippen LogP contribution in [0.4, 0.5) is 0 Å². The first kappa shape index (κ1) is 17.3. The van der Waals surface area contributed by atoms with Crippen molar-refractivity contribution in [1.82, 2.24) is 9.80 Å². The molecule has 1 aliphatic heterocycles. The zero-order valence-electron chi connectivity index (χ0n) is 15.4. The summed E-state index contributed by atoms with van der Waals surface area (Å²) < 4.78 is 0. The summed E-state index contributed by atoms with van der Waals surface area (Å²) in [4.78, 5) is 5.37. The van der Waals surface area contributed by atoms with Gasteiger partial charge in [0.25, 0.3) is 0 Å². The summed E-state index contributed by atoms with van der Waals surface area (Å²) in [6, 6.07) is 0. The first-order chi connectivity index (χ1) is 9.63. The van der Waals surface area contributed by atoms with Crippen LogP contribution in [0.5, 0.6) is 0 Å². The Balaban J connectivity index is 1.70. The van der Waals surface area contributed by atoms with Crippen LogP contribution in [0.25, 0.3) is 0 Å². The molecule has 2 heteroatoms. The molecular weight excluding hydrogens is 256 g/mol. The van der Waals surface area contributed by atoms with Gasteiger partial charge in [0.05, 0.1) is 0 Å². The van der Waals surface area contributed by atoms with E-state index in [1.165, 1.54) is 58.4 Å². The smallest absolute Gasteiger partial charge is 0.0126 e. The summed E-state index contributed by atoms with van der Waals surface area (Å²) in [5.74, 6) is 1.96. The first-order valence-corrected chi connectivity index (χ1v) is 9.11. The van der Waals surface area contributed by atoms with Crippen molar-refractivity contribution >= 4 is 0 Å². The van der Waals surface area contributed by atoms with Crippen molar-refractivity contribution in [2.45, 2.75) is 72.8 Å². The second-order valence-corrected chi connectivity index (χ2v) is 9.77. The lowest BCUT2D eigenvalue weighted by Crippen LogP contribution is -2.53. The molecule has 0 N–H and O–H groups in total. The summed E-state index contributed by atoms with van der Waals surface area (Å²) in [5, 5.41) is 0. The first-order valence-electron chi connectivity index (χ1n) is 9.11. The minimum absolute atomic E-state index is 0.344. The van der Waals surface area contributed by atoms with Gasteiger partial charge in [-0.3, -0.25) is 4.90 Å². The molecule has 0 aromatic rings. The van der Waals surface area contributed by atoms with Crippen LogP contribution in [-0.4, -0.2) is 48.1 Å². The summed E-state index contributed by atoms with van der Waals surface area (Å²) in [6.45, 7) is 20.6. The zero-order valence-corrected chi connectivity index (χ0v) is 15.4. The van der Waals surface area contributed by atoms with Crippen LogP contribution in [0.3, 0.4) is 0 Å². The van der Waals surface area contributed by atoms with Gasteiger partial charge in [0.2, 0.25) is 0 Å². The maximum Gasteiger partial charge on any atom is 0.0126 e. The van der Waals surface area contributed by atoms with E-state index in [-0.39, 0.29) is 0 Å². The molecule has 1 saturated heterocycles. The third-order valence-electron chi connectivity index (χ3n) is 5.39. The van der Waals surface area contributed by atoms with E-state index in [0.717, 1.165) is 11.8 Å². The van der Waals surface area contributed by atoms with E-state index in [1.54, 1.807) is 0 Å². The summed E-state index contributed by atoms with van der Waals surface area (Å²) in [5.41, 5.74) is 0.856. The van der Waals surface area contributed by atoms with E-state index in [2.05, 4.69) is 51.3 Å². The van der Waals surface area contributed by atoms with Gasteiger partial charge in [-0.2, -0.15) is 0 Å². The predicted octanol–water partition coefficient (Wildman–Crippen LogP) is 4.26. The van der Waals surface area contributed by atoms with Crippen LogP contribution in [0.1, 0.15) is 67.2 Å². The molecule has 1 heterocycles. The largest absolute Gasteiger partial charge is 0.301 e. The lowest BCUT2D eigenvalue weighted by atomic mass is 9.83. The van der Waals surface area contributed by atoms with E-state index in [9.17, 15) is 0 Å². The Kier molecular flexibility index (Phi) is 5.41. The molecule has 1 aliphatic carbocycles. The number of hydrogen-bond acceptors (Lipinski definition) is 2. The van der Waals surface area contributed by atoms with Crippen molar-refractivity contribution in [3.63, 3.8) is 0 Å². The van der Waals surface area contributed by atoms with Crippen LogP contribution < -0.4 is 0 Å². The topological polar surface area (TPSA) is 6.48 Å². The predicted molar refractivity (Wildman–Crippen MR) is 92.7 cm³/mol. The highest BCUT2D eigenvalue weighted by Crippen LogP contribution is 2.38. The van der Waals surface area contributed by atoms with E-state index >= 15 is 0 Å². The Morgan fingerprint density at radius 3 is 1.90 bits per heavy atom. The molecule has 2 unspecified atom stereocenters. The minimum atomic E-state index is 0.344. The van der Waals surface area contributed by atoms with E-state index in [1.807, 2.05) is 0 Å². The fourth-order valence-electron chi connectivity index (χ4n) is 4.36. The van der Waals surface area contributed by atoms with E-state index < -0.39 is 0 Å². The third-order valence-corrected chi connectivity index (χ3v) is 5.39. The van der Waals surface area contributed by atoms with Gasteiger partial charge in [0.1, 0.15) is 0 Å². The highest BCUT2D eigenvalue weighted by atomic mass is 15.3. The molecular formula is C19H38N2. The molecule has 2 fully saturated rings. The highest BCUT2D eigenvalue weighted by molar-refractivity contribution is 4.85. The van der Waals surface area contributed by atoms with Crippen LogP contribution in [0.15, 0.2) is 0 Å². The van der Waals surface area contributed by atoms with Crippen molar-refractivity contribution in [3.05, 3.63) is 0 Å². The summed E-state index contributed by atoms with van der Waals surface area (Å²) in [6.07, 6.45) is 5.85. The molecule has 2 rings (SSSR count). The van der Waals surface area contributed by atoms with Crippen molar-refractivity contribution in [1.29, 1.82) is 0 Å². The van der Waals surface area contributed by atoms with Crippen LogP contribution in [-0.2, 0) is 0 Å². The molecule has 0 aromatic heterocycles. The van der Waals surface area contributed by atoms with Crippen molar-refractivity contribution in [2.24, 2.45) is 17.3 Å². The Hall–Kier alpha value is -0.0800. The Bertz CT molecular complexity index is 315. The van der Waals surface area contributed by atoms with Crippen molar-refractivity contribution in [3.8, 4) is 0 Å². The summed E-state index contributed by atoms with van der Waals surface area (Å²) >= 11 is 0. The van der Waals surface area contributed by atoms with Gasteiger partial charge >= 0.3 is 0 Å². The lowest BCUT2D eigenvalue weighted by molar-refractivity contribution is 0.0553. The molecule has 2 aliphatic rings. The monoisotopic (exact) mass is 294 g/mol. The molecule has 0 bridgehead atoms. The number of rotatable bonds is 3. The van der Waals surface area contributed by atoms with Crippen LogP contribution in [0, 0.1) is 17.3 Å². The van der Waals surface area contributed by atoms with Gasteiger partial charge in [-0.15, -0.1) is 0 Å². The highest BCUT2D eigenvalue weighted by Gasteiger charge is 2.31. The average molecular weight is 295 g/mol. The number of hydrogen-bond donors (Lipinski definition) is 0. The standard InChI is InChI=1S/C19H38N2/c1-18(2,3)14-16-7-8-17(13-16)15-20-9-11-21(12-10-20)19(4,5)6/h16-17H,7-15H2,1-6H3. The molecule has 0 amide bonds. The molecule has 0 spiro atoms. The van der Waals surface area contributed by atoms with Crippen molar-refractivity contribution < 1.29 is 0 Å². The number of nitrogens with zero attached hydrogens (tertiary/aromatic N) is 2. The minimum Gasteiger partial charge on any atom is -0.301 e. The SMILES string of the molecule is CC(C)(C)CC1CCC(CN2CCN(C(C)(C)C)CC2)C1. The average Bonchev–Trinajstić information content (AvgIpc) is 2.73. The number of piperazine rings is 1. The van der Waals surface area contributed by atoms with Gasteiger partial charge in [0.15, 0.2) is 0 Å². The third kappa shape index (κ3) is 5.56. The normalized spacial score (nSPS) is 30.0. The Morgan fingerprint density at radius 1 is 0.810 bits per heavy atom. The van der Waals surface area contributed by atoms with E-state index in [4.69, 9.17) is 0 Å². The summed E-state index contributed by atoms with van der Waals surface area (Å²) in [7, 11) is 0. The lowest BCUT2D eigenvalue weighted by Gasteiger charge is -2.42. The Morgan fingerprint density at radius 2 is 1.38 bits per heavy atom. The molecule has 1 saturated carbocycles. The second-order valence-electron chi connectivity index (χ2n) is 9.77. The van der Waals surface area contributed by atoms with Gasteiger partial charge in [-0.25, -0.2) is 0 Å². The van der Waals surface area contributed by atoms with Gasteiger partial charge in [-0.05, 0) is 57.3 Å². The molecule has 124 valence electrons. The second kappa shape index (κ2) is 6.58. The van der Waals surface area contributed by atoms with Crippen molar-refractivity contribution in [2.75, 3.05) is 32.7 Å². The molecule has 0 aromatic carbocycles. The molecule has 21 heavy (non-hydrogen) atoms. The van der Waals surface area contributed by atoms with E-state index in [0.29, 0.717) is 11.0 Å². The quantitative estimate of drug-likeness (QED) is 0.767. The van der Waals surface area contributed by atoms with Crippen LogP contribution in [0.2, 0.25) is 0 Å². The molecule has 2 atom stereocenters. The fraction of sp³-hybridized carbons (Fsp3) is 1.00. The molecule has 2 nitrogen and oxygen atoms in total. The molecule has 0 radical (unpaired) electrons. The maximum absolute atomic E-state index is 2.73. The van der Waals surface area contributed by atoms with Gasteiger partial charge < -0.3 is 4.90 Å². The maximum atomic E-state index is 2.73.